The molecule has 3 nitrogen and oxygen atoms in total. The molecule has 1 aliphatic carbocycles. The lowest BCUT2D eigenvalue weighted by Crippen LogP contribution is -2.41. The molecule has 3 heteroatoms. The number of hydrogen-bond donors (Lipinski definition) is 1. The third-order valence-electron chi connectivity index (χ3n) is 4.92. The van der Waals surface area contributed by atoms with Gasteiger partial charge in [-0.1, -0.05) is 19.8 Å². The number of nitrogens with one attached hydrogen (secondary N) is 1. The van der Waals surface area contributed by atoms with Crippen molar-refractivity contribution in [2.75, 3.05) is 40.3 Å². The maximum Gasteiger partial charge on any atom is 0.0229 e. The third-order valence-corrected chi connectivity index (χ3v) is 4.92. The molecule has 2 rings (SSSR count). The van der Waals surface area contributed by atoms with Crippen molar-refractivity contribution in [1.82, 2.24) is 15.1 Å². The first-order valence-electron chi connectivity index (χ1n) is 7.79. The van der Waals surface area contributed by atoms with Gasteiger partial charge in [-0.05, 0) is 45.8 Å². The summed E-state index contributed by atoms with van der Waals surface area (Å²) in [6.07, 6.45) is 7.02. The van der Waals surface area contributed by atoms with Crippen LogP contribution in [-0.2, 0) is 0 Å². The van der Waals surface area contributed by atoms with Gasteiger partial charge in [-0.15, -0.1) is 0 Å². The molecule has 1 saturated heterocycles. The molecule has 2 aliphatic rings. The van der Waals surface area contributed by atoms with Crippen LogP contribution >= 0.6 is 0 Å². The van der Waals surface area contributed by atoms with Crippen LogP contribution < -0.4 is 5.32 Å². The highest BCUT2D eigenvalue weighted by molar-refractivity contribution is 4.82. The molecule has 0 aromatic rings. The zero-order valence-electron chi connectivity index (χ0n) is 12.5. The van der Waals surface area contributed by atoms with Crippen molar-refractivity contribution >= 4 is 0 Å². The van der Waals surface area contributed by atoms with Crippen molar-refractivity contribution in [1.29, 1.82) is 0 Å². The van der Waals surface area contributed by atoms with E-state index < -0.39 is 0 Å². The molecule has 2 fully saturated rings. The minimum Gasteiger partial charge on any atom is -0.312 e. The second kappa shape index (κ2) is 6.88. The molecule has 0 bridgehead atoms. The summed E-state index contributed by atoms with van der Waals surface area (Å²) < 4.78 is 0. The van der Waals surface area contributed by atoms with Gasteiger partial charge in [0.15, 0.2) is 0 Å². The van der Waals surface area contributed by atoms with E-state index in [1.165, 1.54) is 58.3 Å². The molecule has 18 heavy (non-hydrogen) atoms. The summed E-state index contributed by atoms with van der Waals surface area (Å²) in [6.45, 7) is 7.36. The van der Waals surface area contributed by atoms with E-state index in [0.717, 1.165) is 18.0 Å². The summed E-state index contributed by atoms with van der Waals surface area (Å²) in [6, 6.07) is 1.56. The molecular formula is C15H31N3. The van der Waals surface area contributed by atoms with E-state index >= 15 is 0 Å². The molecule has 0 aromatic carbocycles. The number of hydrogen-bond acceptors (Lipinski definition) is 3. The summed E-state index contributed by atoms with van der Waals surface area (Å²) in [5.41, 5.74) is 0. The first kappa shape index (κ1) is 14.3. The average molecular weight is 253 g/mol. The SMILES string of the molecule is CC1CCCCC1NCCN1CCC(N(C)C)C1. The lowest BCUT2D eigenvalue weighted by Gasteiger charge is -2.30. The van der Waals surface area contributed by atoms with E-state index in [1.807, 2.05) is 0 Å². The fourth-order valence-electron chi connectivity index (χ4n) is 3.46. The van der Waals surface area contributed by atoms with Gasteiger partial charge in [0.05, 0.1) is 0 Å². The van der Waals surface area contributed by atoms with Crippen LogP contribution in [0.3, 0.4) is 0 Å². The Labute approximate surface area is 113 Å². The van der Waals surface area contributed by atoms with Crippen molar-refractivity contribution in [2.24, 2.45) is 5.92 Å². The van der Waals surface area contributed by atoms with E-state index in [-0.39, 0.29) is 0 Å². The first-order chi connectivity index (χ1) is 8.66. The predicted octanol–water partition coefficient (Wildman–Crippen LogP) is 1.79. The van der Waals surface area contributed by atoms with E-state index in [1.54, 1.807) is 0 Å². The highest BCUT2D eigenvalue weighted by atomic mass is 15.2. The molecule has 3 unspecified atom stereocenters. The standard InChI is InChI=1S/C15H31N3/c1-13-6-4-5-7-15(13)16-9-11-18-10-8-14(12-18)17(2)3/h13-16H,4-12H2,1-3H3. The van der Waals surface area contributed by atoms with Crippen LogP contribution in [0.1, 0.15) is 39.0 Å². The fraction of sp³-hybridized carbons (Fsp3) is 1.00. The number of likely N-dealkylation sites (tertiary alicyclic amines) is 1. The van der Waals surface area contributed by atoms with Crippen LogP contribution in [-0.4, -0.2) is 62.2 Å². The van der Waals surface area contributed by atoms with Crippen molar-refractivity contribution in [3.63, 3.8) is 0 Å². The van der Waals surface area contributed by atoms with Gasteiger partial charge in [-0.2, -0.15) is 0 Å². The average Bonchev–Trinajstić information content (AvgIpc) is 2.80. The van der Waals surface area contributed by atoms with Gasteiger partial charge in [0.2, 0.25) is 0 Å². The Balaban J connectivity index is 1.61. The molecule has 3 atom stereocenters. The molecule has 0 amide bonds. The van der Waals surface area contributed by atoms with Crippen LogP contribution in [0.2, 0.25) is 0 Å². The van der Waals surface area contributed by atoms with E-state index in [4.69, 9.17) is 0 Å². The lowest BCUT2D eigenvalue weighted by molar-refractivity contribution is 0.246. The largest absolute Gasteiger partial charge is 0.312 e. The third kappa shape index (κ3) is 3.94. The van der Waals surface area contributed by atoms with Crippen LogP contribution in [0.15, 0.2) is 0 Å². The van der Waals surface area contributed by atoms with Crippen LogP contribution in [0.5, 0.6) is 0 Å². The highest BCUT2D eigenvalue weighted by Crippen LogP contribution is 2.23. The van der Waals surface area contributed by atoms with Crippen molar-refractivity contribution < 1.29 is 0 Å². The molecule has 0 spiro atoms. The monoisotopic (exact) mass is 253 g/mol. The topological polar surface area (TPSA) is 18.5 Å². The Morgan fingerprint density at radius 3 is 2.61 bits per heavy atom. The predicted molar refractivity (Wildman–Crippen MR) is 78.0 cm³/mol. The summed E-state index contributed by atoms with van der Waals surface area (Å²) in [7, 11) is 4.41. The zero-order chi connectivity index (χ0) is 13.0. The molecular weight excluding hydrogens is 222 g/mol. The Hall–Kier alpha value is -0.120. The summed E-state index contributed by atoms with van der Waals surface area (Å²) >= 11 is 0. The van der Waals surface area contributed by atoms with Gasteiger partial charge in [-0.3, -0.25) is 0 Å². The van der Waals surface area contributed by atoms with Gasteiger partial charge >= 0.3 is 0 Å². The number of nitrogens with zero attached hydrogens (tertiary/aromatic N) is 2. The molecule has 0 aromatic heterocycles. The number of rotatable bonds is 5. The molecule has 1 N–H and O–H groups in total. The Morgan fingerprint density at radius 1 is 1.17 bits per heavy atom. The van der Waals surface area contributed by atoms with Gasteiger partial charge in [-0.25, -0.2) is 0 Å². The van der Waals surface area contributed by atoms with Crippen LogP contribution in [0.4, 0.5) is 0 Å². The van der Waals surface area contributed by atoms with Gasteiger partial charge < -0.3 is 15.1 Å². The fourth-order valence-corrected chi connectivity index (χ4v) is 3.46. The molecule has 1 heterocycles. The lowest BCUT2D eigenvalue weighted by atomic mass is 9.86. The van der Waals surface area contributed by atoms with Crippen LogP contribution in [0, 0.1) is 5.92 Å². The summed E-state index contributed by atoms with van der Waals surface area (Å²) in [4.78, 5) is 4.99. The van der Waals surface area contributed by atoms with E-state index in [9.17, 15) is 0 Å². The quantitative estimate of drug-likeness (QED) is 0.806. The minimum absolute atomic E-state index is 0.776. The van der Waals surface area contributed by atoms with Crippen molar-refractivity contribution in [3.05, 3.63) is 0 Å². The second-order valence-corrected chi connectivity index (χ2v) is 6.53. The van der Waals surface area contributed by atoms with Gasteiger partial charge in [0.1, 0.15) is 0 Å². The highest BCUT2D eigenvalue weighted by Gasteiger charge is 2.24. The maximum atomic E-state index is 3.79. The first-order valence-corrected chi connectivity index (χ1v) is 7.79. The van der Waals surface area contributed by atoms with Crippen molar-refractivity contribution in [2.45, 2.75) is 51.1 Å². The summed E-state index contributed by atoms with van der Waals surface area (Å²) in [5, 5.41) is 3.79. The van der Waals surface area contributed by atoms with E-state index in [2.05, 4.69) is 36.1 Å². The Kier molecular flexibility index (Phi) is 5.46. The van der Waals surface area contributed by atoms with Crippen molar-refractivity contribution in [3.8, 4) is 0 Å². The van der Waals surface area contributed by atoms with Gasteiger partial charge in [0.25, 0.3) is 0 Å². The Bertz CT molecular complexity index is 242. The normalized spacial score (nSPS) is 34.3. The summed E-state index contributed by atoms with van der Waals surface area (Å²) in [5.74, 6) is 0.881. The molecule has 0 radical (unpaired) electrons. The molecule has 1 aliphatic heterocycles. The molecule has 1 saturated carbocycles. The van der Waals surface area contributed by atoms with Gasteiger partial charge in [0, 0.05) is 31.7 Å². The molecule has 106 valence electrons. The second-order valence-electron chi connectivity index (χ2n) is 6.53. The maximum absolute atomic E-state index is 3.79. The zero-order valence-corrected chi connectivity index (χ0v) is 12.5. The smallest absolute Gasteiger partial charge is 0.0229 e. The Morgan fingerprint density at radius 2 is 1.94 bits per heavy atom. The van der Waals surface area contributed by atoms with Crippen LogP contribution in [0.25, 0.3) is 0 Å². The number of likely N-dealkylation sites (N-methyl/N-ethyl adjacent to an activating group) is 1. The van der Waals surface area contributed by atoms with E-state index in [0.29, 0.717) is 0 Å². The minimum atomic E-state index is 0.776.